The summed E-state index contributed by atoms with van der Waals surface area (Å²) in [5.74, 6) is 0.687. The molecule has 0 radical (unpaired) electrons. The molecule has 2 N–H and O–H groups in total. The third kappa shape index (κ3) is 2.32. The quantitative estimate of drug-likeness (QED) is 0.605. The molecule has 24 heavy (non-hydrogen) atoms. The minimum absolute atomic E-state index is 0.267. The van der Waals surface area contributed by atoms with E-state index >= 15 is 0 Å². The fourth-order valence-corrected chi connectivity index (χ4v) is 2.57. The van der Waals surface area contributed by atoms with Crippen LogP contribution in [0.25, 0.3) is 21.9 Å². The van der Waals surface area contributed by atoms with Crippen molar-refractivity contribution in [2.75, 3.05) is 12.4 Å². The van der Waals surface area contributed by atoms with Crippen molar-refractivity contribution in [2.45, 2.75) is 0 Å². The maximum absolute atomic E-state index is 12.6. The lowest BCUT2D eigenvalue weighted by atomic mass is 10.1. The molecule has 0 unspecified atom stereocenters. The summed E-state index contributed by atoms with van der Waals surface area (Å²) in [7, 11) is 1.55. The monoisotopic (exact) mass is 319 g/mol. The highest BCUT2D eigenvalue weighted by molar-refractivity contribution is 6.18. The summed E-state index contributed by atoms with van der Waals surface area (Å²) in [5, 5.41) is 3.48. The number of aromatic nitrogens is 4. The van der Waals surface area contributed by atoms with Crippen molar-refractivity contribution in [3.8, 4) is 5.88 Å². The van der Waals surface area contributed by atoms with Gasteiger partial charge in [-0.3, -0.25) is 9.78 Å². The Labute approximate surface area is 136 Å². The number of methoxy groups -OCH3 is 1. The van der Waals surface area contributed by atoms with E-state index in [1.54, 1.807) is 43.9 Å². The van der Waals surface area contributed by atoms with Gasteiger partial charge in [0, 0.05) is 23.8 Å². The first kappa shape index (κ1) is 14.1. The largest absolute Gasteiger partial charge is 0.481 e. The van der Waals surface area contributed by atoms with Crippen molar-refractivity contribution in [3.05, 3.63) is 54.5 Å². The normalized spacial score (nSPS) is 10.9. The number of fused-ring (bicyclic) bond motifs is 3. The Morgan fingerprint density at radius 3 is 2.92 bits per heavy atom. The van der Waals surface area contributed by atoms with Gasteiger partial charge in [0.25, 0.3) is 5.91 Å². The van der Waals surface area contributed by atoms with Gasteiger partial charge in [0.2, 0.25) is 5.88 Å². The molecule has 118 valence electrons. The van der Waals surface area contributed by atoms with E-state index in [-0.39, 0.29) is 5.91 Å². The first-order valence-corrected chi connectivity index (χ1v) is 7.29. The van der Waals surface area contributed by atoms with Crippen LogP contribution >= 0.6 is 0 Å². The van der Waals surface area contributed by atoms with Crippen LogP contribution in [0.1, 0.15) is 10.4 Å². The summed E-state index contributed by atoms with van der Waals surface area (Å²) >= 11 is 0. The number of H-pyrrole nitrogens is 1. The van der Waals surface area contributed by atoms with Crippen LogP contribution in [-0.2, 0) is 0 Å². The highest BCUT2D eigenvalue weighted by atomic mass is 16.5. The number of carbonyl (C=O) groups is 1. The van der Waals surface area contributed by atoms with E-state index in [2.05, 4.69) is 25.3 Å². The van der Waals surface area contributed by atoms with Crippen molar-refractivity contribution in [1.82, 2.24) is 19.9 Å². The second-order valence-electron chi connectivity index (χ2n) is 5.14. The van der Waals surface area contributed by atoms with E-state index in [1.807, 2.05) is 12.1 Å². The van der Waals surface area contributed by atoms with Crippen molar-refractivity contribution in [3.63, 3.8) is 0 Å². The third-order valence-corrected chi connectivity index (χ3v) is 3.69. The Hall–Kier alpha value is -3.48. The molecule has 0 aliphatic heterocycles. The van der Waals surface area contributed by atoms with Crippen LogP contribution in [0.5, 0.6) is 5.88 Å². The molecular weight excluding hydrogens is 306 g/mol. The Kier molecular flexibility index (Phi) is 3.31. The van der Waals surface area contributed by atoms with Crippen LogP contribution in [-0.4, -0.2) is 33.0 Å². The second kappa shape index (κ2) is 5.62. The number of hydrogen-bond acceptors (Lipinski definition) is 5. The number of aromatic amines is 1. The average molecular weight is 319 g/mol. The molecule has 4 aromatic heterocycles. The zero-order valence-corrected chi connectivity index (χ0v) is 12.8. The molecule has 0 saturated heterocycles. The van der Waals surface area contributed by atoms with Crippen molar-refractivity contribution in [1.29, 1.82) is 0 Å². The molecule has 0 fully saturated rings. The zero-order valence-electron chi connectivity index (χ0n) is 12.8. The summed E-state index contributed by atoms with van der Waals surface area (Å²) < 4.78 is 5.18. The van der Waals surface area contributed by atoms with Crippen LogP contribution in [0.4, 0.5) is 5.82 Å². The van der Waals surface area contributed by atoms with Gasteiger partial charge in [0.05, 0.1) is 29.9 Å². The van der Waals surface area contributed by atoms with Gasteiger partial charge in [-0.2, -0.15) is 0 Å². The molecule has 1 amide bonds. The van der Waals surface area contributed by atoms with Crippen molar-refractivity contribution >= 4 is 33.7 Å². The predicted octanol–water partition coefficient (Wildman–Crippen LogP) is 2.77. The molecule has 0 spiro atoms. The van der Waals surface area contributed by atoms with Crippen LogP contribution in [0, 0.1) is 0 Å². The molecule has 4 rings (SSSR count). The van der Waals surface area contributed by atoms with Crippen molar-refractivity contribution in [2.24, 2.45) is 0 Å². The number of carbonyl (C=O) groups excluding carboxylic acids is 1. The summed E-state index contributed by atoms with van der Waals surface area (Å²) in [6.45, 7) is 0. The minimum Gasteiger partial charge on any atom is -0.481 e. The zero-order chi connectivity index (χ0) is 16.5. The molecule has 0 aromatic carbocycles. The number of pyridine rings is 3. The van der Waals surface area contributed by atoms with Gasteiger partial charge in [0.15, 0.2) is 0 Å². The fourth-order valence-electron chi connectivity index (χ4n) is 2.57. The molecule has 0 aliphatic rings. The van der Waals surface area contributed by atoms with E-state index in [4.69, 9.17) is 4.74 Å². The van der Waals surface area contributed by atoms with E-state index in [1.165, 1.54) is 0 Å². The lowest BCUT2D eigenvalue weighted by Crippen LogP contribution is -2.12. The molecule has 7 heteroatoms. The second-order valence-corrected chi connectivity index (χ2v) is 5.14. The molecule has 7 nitrogen and oxygen atoms in total. The first-order chi connectivity index (χ1) is 11.8. The van der Waals surface area contributed by atoms with Gasteiger partial charge in [-0.15, -0.1) is 0 Å². The molecule has 0 bridgehead atoms. The van der Waals surface area contributed by atoms with Gasteiger partial charge in [-0.05, 0) is 18.2 Å². The number of hydrogen-bond donors (Lipinski definition) is 2. The standard InChI is InChI=1S/C17H13N5O2/c1-24-14-6-5-11-16(22-14)15-10(8-19-12(15)9-20-11)17(23)21-13-4-2-3-7-18-13/h2-9,19H,1H3,(H,18,21,23). The summed E-state index contributed by atoms with van der Waals surface area (Å²) in [5.41, 5.74) is 2.51. The number of nitrogens with zero attached hydrogens (tertiary/aromatic N) is 3. The van der Waals surface area contributed by atoms with E-state index in [0.29, 0.717) is 33.7 Å². The summed E-state index contributed by atoms with van der Waals surface area (Å²) in [6.07, 6.45) is 4.95. The van der Waals surface area contributed by atoms with Gasteiger partial charge in [-0.25, -0.2) is 9.97 Å². The van der Waals surface area contributed by atoms with E-state index in [9.17, 15) is 4.79 Å². The topological polar surface area (TPSA) is 92.8 Å². The maximum atomic E-state index is 12.6. The molecule has 0 saturated carbocycles. The van der Waals surface area contributed by atoms with Gasteiger partial charge in [0.1, 0.15) is 11.3 Å². The maximum Gasteiger partial charge on any atom is 0.259 e. The van der Waals surface area contributed by atoms with Crippen LogP contribution < -0.4 is 10.1 Å². The number of rotatable bonds is 3. The number of ether oxygens (including phenoxy) is 1. The summed E-state index contributed by atoms with van der Waals surface area (Å²) in [4.78, 5) is 28.6. The minimum atomic E-state index is -0.267. The van der Waals surface area contributed by atoms with Gasteiger partial charge < -0.3 is 15.0 Å². The van der Waals surface area contributed by atoms with Gasteiger partial charge >= 0.3 is 0 Å². The van der Waals surface area contributed by atoms with E-state index in [0.717, 1.165) is 5.52 Å². The highest BCUT2D eigenvalue weighted by Crippen LogP contribution is 2.27. The van der Waals surface area contributed by atoms with E-state index < -0.39 is 0 Å². The SMILES string of the molecule is COc1ccc2ncc3[nH]cc(C(=O)Nc4ccccn4)c3c2n1. The Bertz CT molecular complexity index is 1040. The van der Waals surface area contributed by atoms with Crippen LogP contribution in [0.15, 0.2) is 48.9 Å². The predicted molar refractivity (Wildman–Crippen MR) is 90.1 cm³/mol. The number of nitrogens with one attached hydrogen (secondary N) is 2. The first-order valence-electron chi connectivity index (χ1n) is 7.29. The van der Waals surface area contributed by atoms with Gasteiger partial charge in [-0.1, -0.05) is 6.07 Å². The van der Waals surface area contributed by atoms with Crippen LogP contribution in [0.3, 0.4) is 0 Å². The number of anilines is 1. The Morgan fingerprint density at radius 1 is 1.21 bits per heavy atom. The third-order valence-electron chi connectivity index (χ3n) is 3.69. The molecule has 4 aromatic rings. The summed E-state index contributed by atoms with van der Waals surface area (Å²) in [6, 6.07) is 8.88. The Balaban J connectivity index is 1.86. The lowest BCUT2D eigenvalue weighted by molar-refractivity contribution is 0.102. The highest BCUT2D eigenvalue weighted by Gasteiger charge is 2.17. The number of amides is 1. The van der Waals surface area contributed by atoms with Crippen molar-refractivity contribution < 1.29 is 9.53 Å². The fraction of sp³-hybridized carbons (Fsp3) is 0.0588. The smallest absolute Gasteiger partial charge is 0.259 e. The molecule has 4 heterocycles. The molecule has 0 atom stereocenters. The molecular formula is C17H13N5O2. The van der Waals surface area contributed by atoms with Crippen LogP contribution in [0.2, 0.25) is 0 Å². The molecule has 0 aliphatic carbocycles. The average Bonchev–Trinajstić information content (AvgIpc) is 3.07. The Morgan fingerprint density at radius 2 is 2.12 bits per heavy atom. The lowest BCUT2D eigenvalue weighted by Gasteiger charge is -2.05.